The Bertz CT molecular complexity index is 555. The van der Waals surface area contributed by atoms with Crippen molar-refractivity contribution in [1.29, 1.82) is 0 Å². The lowest BCUT2D eigenvalue weighted by Gasteiger charge is -2.28. The summed E-state index contributed by atoms with van der Waals surface area (Å²) in [4.78, 5) is 23.0. The maximum absolute atomic E-state index is 12.6. The molecule has 7 heteroatoms. The molecule has 2 rings (SSSR count). The summed E-state index contributed by atoms with van der Waals surface area (Å²) in [5.41, 5.74) is 0.165. The van der Waals surface area contributed by atoms with Gasteiger partial charge in [0.25, 0.3) is 5.69 Å². The topological polar surface area (TPSA) is 93.5 Å². The molecule has 1 aromatic carbocycles. The molecule has 1 amide bonds. The molecule has 2 atom stereocenters. The zero-order chi connectivity index (χ0) is 16.2. The van der Waals surface area contributed by atoms with Crippen molar-refractivity contribution in [2.45, 2.75) is 19.4 Å². The molecule has 1 aliphatic heterocycles. The molecule has 22 heavy (non-hydrogen) atoms. The lowest BCUT2D eigenvalue weighted by molar-refractivity contribution is -0.384. The van der Waals surface area contributed by atoms with Gasteiger partial charge in [-0.05, 0) is 25.5 Å². The summed E-state index contributed by atoms with van der Waals surface area (Å²) < 4.78 is 5.20. The second-order valence-electron chi connectivity index (χ2n) is 5.69. The van der Waals surface area contributed by atoms with Gasteiger partial charge in [-0.3, -0.25) is 14.9 Å². The maximum Gasteiger partial charge on any atom is 0.269 e. The van der Waals surface area contributed by atoms with Gasteiger partial charge in [0.05, 0.1) is 23.0 Å². The first-order valence-electron chi connectivity index (χ1n) is 7.23. The zero-order valence-corrected chi connectivity index (χ0v) is 12.8. The van der Waals surface area contributed by atoms with Gasteiger partial charge >= 0.3 is 0 Å². The quantitative estimate of drug-likeness (QED) is 0.612. The van der Waals surface area contributed by atoms with Crippen LogP contribution < -0.4 is 10.6 Å². The Balaban J connectivity index is 2.10. The van der Waals surface area contributed by atoms with Gasteiger partial charge in [0, 0.05) is 25.8 Å². The second-order valence-corrected chi connectivity index (χ2v) is 5.69. The lowest BCUT2D eigenvalue weighted by Crippen LogP contribution is -2.46. The number of nitro groups is 1. The van der Waals surface area contributed by atoms with Crippen LogP contribution in [-0.2, 0) is 9.53 Å². The Morgan fingerprint density at radius 2 is 2.36 bits per heavy atom. The Hall–Kier alpha value is -1.99. The highest BCUT2D eigenvalue weighted by molar-refractivity contribution is 5.84. The molecule has 0 aliphatic carbocycles. The summed E-state index contributed by atoms with van der Waals surface area (Å²) in [6.07, 6.45) is 0.717. The highest BCUT2D eigenvalue weighted by Crippen LogP contribution is 2.28. The normalized spacial score (nSPS) is 22.3. The number of carbonyl (C=O) groups is 1. The molecule has 0 spiro atoms. The largest absolute Gasteiger partial charge is 0.384 e. The lowest BCUT2D eigenvalue weighted by atomic mass is 9.86. The van der Waals surface area contributed by atoms with Crippen molar-refractivity contribution in [3.63, 3.8) is 0 Å². The van der Waals surface area contributed by atoms with E-state index in [1.54, 1.807) is 19.2 Å². The minimum atomic E-state index is -0.566. The first-order chi connectivity index (χ1) is 10.5. The van der Waals surface area contributed by atoms with E-state index in [-0.39, 0.29) is 17.6 Å². The van der Waals surface area contributed by atoms with Crippen LogP contribution in [0.15, 0.2) is 24.3 Å². The number of nitro benzene ring substituents is 1. The monoisotopic (exact) mass is 307 g/mol. The fraction of sp³-hybridized carbons (Fsp3) is 0.533. The van der Waals surface area contributed by atoms with Crippen LogP contribution >= 0.6 is 0 Å². The van der Waals surface area contributed by atoms with Crippen LogP contribution in [0.25, 0.3) is 0 Å². The molecule has 2 N–H and O–H groups in total. The third-order valence-electron chi connectivity index (χ3n) is 4.07. The van der Waals surface area contributed by atoms with Crippen molar-refractivity contribution in [3.05, 3.63) is 39.9 Å². The number of methoxy groups -OCH3 is 1. The minimum absolute atomic E-state index is 0.0211. The van der Waals surface area contributed by atoms with Gasteiger partial charge in [-0.1, -0.05) is 12.1 Å². The third kappa shape index (κ3) is 3.42. The average Bonchev–Trinajstić information content (AvgIpc) is 2.97. The number of amides is 1. The fourth-order valence-electron chi connectivity index (χ4n) is 2.74. The summed E-state index contributed by atoms with van der Waals surface area (Å²) in [6.45, 7) is 3.53. The van der Waals surface area contributed by atoms with Crippen LogP contribution in [0.5, 0.6) is 0 Å². The van der Waals surface area contributed by atoms with E-state index in [9.17, 15) is 14.9 Å². The Morgan fingerprint density at radius 1 is 1.59 bits per heavy atom. The van der Waals surface area contributed by atoms with E-state index in [1.165, 1.54) is 12.1 Å². The number of ether oxygens (including phenoxy) is 1. The Kier molecular flexibility index (Phi) is 5.10. The van der Waals surface area contributed by atoms with Gasteiger partial charge in [-0.25, -0.2) is 0 Å². The fourth-order valence-corrected chi connectivity index (χ4v) is 2.74. The molecule has 1 fully saturated rings. The van der Waals surface area contributed by atoms with Crippen LogP contribution in [-0.4, -0.2) is 37.6 Å². The highest BCUT2D eigenvalue weighted by atomic mass is 16.6. The molecule has 0 radical (unpaired) electrons. The van der Waals surface area contributed by atoms with Gasteiger partial charge in [-0.2, -0.15) is 0 Å². The van der Waals surface area contributed by atoms with Crippen molar-refractivity contribution >= 4 is 11.6 Å². The Labute approximate surface area is 129 Å². The van der Waals surface area contributed by atoms with Gasteiger partial charge in [0.15, 0.2) is 0 Å². The van der Waals surface area contributed by atoms with E-state index in [0.717, 1.165) is 6.54 Å². The number of nitrogens with one attached hydrogen (secondary N) is 2. The highest BCUT2D eigenvalue weighted by Gasteiger charge is 2.41. The summed E-state index contributed by atoms with van der Waals surface area (Å²) >= 11 is 0. The number of rotatable bonds is 6. The minimum Gasteiger partial charge on any atom is -0.384 e. The summed E-state index contributed by atoms with van der Waals surface area (Å²) in [6, 6.07) is 6.01. The van der Waals surface area contributed by atoms with Gasteiger partial charge < -0.3 is 15.4 Å². The second kappa shape index (κ2) is 6.85. The smallest absolute Gasteiger partial charge is 0.269 e. The molecule has 1 saturated heterocycles. The molecule has 0 saturated carbocycles. The predicted octanol–water partition coefficient (Wildman–Crippen LogP) is 1.40. The first kappa shape index (κ1) is 16.4. The number of hydrogen-bond acceptors (Lipinski definition) is 5. The van der Waals surface area contributed by atoms with Crippen molar-refractivity contribution in [1.82, 2.24) is 10.6 Å². The molecule has 120 valence electrons. The number of hydrogen-bond donors (Lipinski definition) is 2. The van der Waals surface area contributed by atoms with Crippen molar-refractivity contribution in [2.24, 2.45) is 5.41 Å². The number of carbonyl (C=O) groups excluding carboxylic acids is 1. The van der Waals surface area contributed by atoms with Crippen molar-refractivity contribution < 1.29 is 14.5 Å². The van der Waals surface area contributed by atoms with E-state index in [2.05, 4.69) is 10.6 Å². The molecule has 0 bridgehead atoms. The third-order valence-corrected chi connectivity index (χ3v) is 4.07. The Morgan fingerprint density at radius 3 is 2.95 bits per heavy atom. The summed E-state index contributed by atoms with van der Waals surface area (Å²) in [7, 11) is 1.58. The molecule has 0 aromatic heterocycles. The van der Waals surface area contributed by atoms with Crippen LogP contribution in [0.3, 0.4) is 0 Å². The van der Waals surface area contributed by atoms with Crippen molar-refractivity contribution in [3.8, 4) is 0 Å². The maximum atomic E-state index is 12.6. The summed E-state index contributed by atoms with van der Waals surface area (Å²) in [5.74, 6) is -0.0849. The van der Waals surface area contributed by atoms with E-state index in [0.29, 0.717) is 25.1 Å². The molecule has 2 unspecified atom stereocenters. The molecular weight excluding hydrogens is 286 g/mol. The number of nitrogens with zero attached hydrogens (tertiary/aromatic N) is 1. The number of benzene rings is 1. The van der Waals surface area contributed by atoms with Crippen molar-refractivity contribution in [2.75, 3.05) is 26.8 Å². The van der Waals surface area contributed by atoms with Crippen LogP contribution in [0, 0.1) is 15.5 Å². The van der Waals surface area contributed by atoms with Gasteiger partial charge in [0.1, 0.15) is 0 Å². The summed E-state index contributed by atoms with van der Waals surface area (Å²) in [5, 5.41) is 17.0. The molecule has 1 heterocycles. The average molecular weight is 307 g/mol. The van der Waals surface area contributed by atoms with Gasteiger partial charge in [-0.15, -0.1) is 0 Å². The van der Waals surface area contributed by atoms with Crippen LogP contribution in [0.4, 0.5) is 5.69 Å². The molecule has 1 aromatic rings. The van der Waals surface area contributed by atoms with E-state index in [4.69, 9.17) is 4.74 Å². The van der Waals surface area contributed by atoms with E-state index in [1.807, 2.05) is 6.92 Å². The number of non-ortho nitro benzene ring substituents is 1. The van der Waals surface area contributed by atoms with Gasteiger partial charge in [0.2, 0.25) is 5.91 Å². The predicted molar refractivity (Wildman–Crippen MR) is 81.4 cm³/mol. The molecule has 1 aliphatic rings. The van der Waals surface area contributed by atoms with Crippen LogP contribution in [0.1, 0.15) is 24.9 Å². The first-order valence-corrected chi connectivity index (χ1v) is 7.23. The van der Waals surface area contributed by atoms with Crippen LogP contribution in [0.2, 0.25) is 0 Å². The molecular formula is C15H21N3O4. The van der Waals surface area contributed by atoms with E-state index >= 15 is 0 Å². The molecule has 7 nitrogen and oxygen atoms in total. The SMILES string of the molecule is COCC1(C(=O)NC(C)c2cccc([N+](=O)[O-])c2)CCNC1. The zero-order valence-electron chi connectivity index (χ0n) is 12.8. The van der Waals surface area contributed by atoms with E-state index < -0.39 is 10.3 Å². The standard InChI is InChI=1S/C15H21N3O4/c1-11(12-4-3-5-13(8-12)18(20)21)17-14(19)15(10-22-2)6-7-16-9-15/h3-5,8,11,16H,6-7,9-10H2,1-2H3,(H,17,19).